The van der Waals surface area contributed by atoms with Gasteiger partial charge >= 0.3 is 0 Å². The maximum atomic E-state index is 14.1. The van der Waals surface area contributed by atoms with Gasteiger partial charge in [-0.15, -0.1) is 0 Å². The molecule has 0 fully saturated rings. The van der Waals surface area contributed by atoms with E-state index < -0.39 is 23.6 Å². The van der Waals surface area contributed by atoms with Gasteiger partial charge in [-0.3, -0.25) is 14.5 Å². The minimum absolute atomic E-state index is 0.135. The van der Waals surface area contributed by atoms with Crippen LogP contribution in [-0.4, -0.2) is 29.2 Å². The summed E-state index contributed by atoms with van der Waals surface area (Å²) in [5.41, 5.74) is 0.400. The fourth-order valence-electron chi connectivity index (χ4n) is 2.14. The van der Waals surface area contributed by atoms with Crippen molar-refractivity contribution in [2.75, 3.05) is 11.4 Å². The Morgan fingerprint density at radius 3 is 2.71 bits per heavy atom. The summed E-state index contributed by atoms with van der Waals surface area (Å²) in [7, 11) is 0. The number of rotatable bonds is 1. The second kappa shape index (κ2) is 4.63. The summed E-state index contributed by atoms with van der Waals surface area (Å²) in [6.45, 7) is 1.31. The number of halogens is 3. The number of aryl methyl sites for hydroxylation is 1. The van der Waals surface area contributed by atoms with Crippen molar-refractivity contribution in [2.45, 2.75) is 6.92 Å². The average Bonchev–Trinajstić information content (AvgIpc) is 2.77. The summed E-state index contributed by atoms with van der Waals surface area (Å²) < 4.78 is 27.8. The Morgan fingerprint density at radius 2 is 2.00 bits per heavy atom. The van der Waals surface area contributed by atoms with Crippen molar-refractivity contribution >= 4 is 35.1 Å². The topological polar surface area (TPSA) is 53.0 Å². The summed E-state index contributed by atoms with van der Waals surface area (Å²) in [6, 6.07) is 2.39. The molecule has 2 aliphatic rings. The number of aliphatic imine (C=N–C) groups is 1. The SMILES string of the molecule is Cc1cc(N2C(=O)C=C(F)N3CC(=O)N=C32)c(F)cc1Cl. The van der Waals surface area contributed by atoms with E-state index in [2.05, 4.69) is 4.99 Å². The third-order valence-electron chi connectivity index (χ3n) is 3.15. The molecule has 1 aromatic carbocycles. The van der Waals surface area contributed by atoms with Crippen LogP contribution in [0.1, 0.15) is 5.56 Å². The second-order valence-electron chi connectivity index (χ2n) is 4.59. The number of benzene rings is 1. The molecule has 0 saturated carbocycles. The van der Waals surface area contributed by atoms with Gasteiger partial charge < -0.3 is 0 Å². The Kier molecular flexibility index (Phi) is 3.02. The van der Waals surface area contributed by atoms with E-state index in [0.29, 0.717) is 11.6 Å². The maximum absolute atomic E-state index is 14.1. The molecule has 8 heteroatoms. The van der Waals surface area contributed by atoms with Crippen molar-refractivity contribution in [1.29, 1.82) is 0 Å². The normalized spacial score (nSPS) is 17.9. The van der Waals surface area contributed by atoms with Crippen LogP contribution in [0.25, 0.3) is 0 Å². The van der Waals surface area contributed by atoms with E-state index in [1.165, 1.54) is 6.07 Å². The molecule has 0 spiro atoms. The number of guanidine groups is 1. The largest absolute Gasteiger partial charge is 0.278 e. The van der Waals surface area contributed by atoms with Crippen LogP contribution in [0.3, 0.4) is 0 Å². The van der Waals surface area contributed by atoms with Crippen LogP contribution >= 0.6 is 11.6 Å². The zero-order chi connectivity index (χ0) is 15.3. The summed E-state index contributed by atoms with van der Waals surface area (Å²) >= 11 is 5.81. The Hall–Kier alpha value is -2.28. The van der Waals surface area contributed by atoms with Crippen LogP contribution in [0.2, 0.25) is 5.02 Å². The number of amides is 2. The minimum Gasteiger partial charge on any atom is -0.278 e. The lowest BCUT2D eigenvalue weighted by molar-refractivity contribution is -0.117. The number of nitrogens with zero attached hydrogens (tertiary/aromatic N) is 3. The van der Waals surface area contributed by atoms with Crippen molar-refractivity contribution in [1.82, 2.24) is 4.90 Å². The molecule has 0 N–H and O–H groups in total. The van der Waals surface area contributed by atoms with Crippen LogP contribution in [-0.2, 0) is 9.59 Å². The van der Waals surface area contributed by atoms with E-state index in [1.54, 1.807) is 6.92 Å². The first-order valence-electron chi connectivity index (χ1n) is 5.94. The van der Waals surface area contributed by atoms with Crippen LogP contribution in [0.15, 0.2) is 29.2 Å². The van der Waals surface area contributed by atoms with Crippen LogP contribution in [0, 0.1) is 12.7 Å². The smallest absolute Gasteiger partial charge is 0.269 e. The molecule has 108 valence electrons. The zero-order valence-corrected chi connectivity index (χ0v) is 11.5. The van der Waals surface area contributed by atoms with Gasteiger partial charge in [-0.05, 0) is 24.6 Å². The van der Waals surface area contributed by atoms with Gasteiger partial charge in [-0.25, -0.2) is 9.29 Å². The average molecular weight is 312 g/mol. The second-order valence-corrected chi connectivity index (χ2v) is 4.99. The van der Waals surface area contributed by atoms with E-state index in [9.17, 15) is 18.4 Å². The molecule has 3 rings (SSSR count). The number of hydrogen-bond acceptors (Lipinski definition) is 3. The lowest BCUT2D eigenvalue weighted by atomic mass is 10.2. The molecule has 0 aliphatic carbocycles. The highest BCUT2D eigenvalue weighted by Crippen LogP contribution is 2.31. The third kappa shape index (κ3) is 2.09. The van der Waals surface area contributed by atoms with Crippen LogP contribution in [0.5, 0.6) is 0 Å². The molecular weight excluding hydrogens is 304 g/mol. The van der Waals surface area contributed by atoms with Gasteiger partial charge in [0.25, 0.3) is 11.8 Å². The number of anilines is 1. The Bertz CT molecular complexity index is 745. The minimum atomic E-state index is -0.896. The molecular formula is C13H8ClF2N3O2. The molecule has 0 radical (unpaired) electrons. The fourth-order valence-corrected chi connectivity index (χ4v) is 2.29. The van der Waals surface area contributed by atoms with E-state index in [4.69, 9.17) is 11.6 Å². The van der Waals surface area contributed by atoms with Crippen molar-refractivity contribution < 1.29 is 18.4 Å². The van der Waals surface area contributed by atoms with E-state index in [-0.39, 0.29) is 23.2 Å². The Morgan fingerprint density at radius 1 is 1.29 bits per heavy atom. The predicted octanol–water partition coefficient (Wildman–Crippen LogP) is 2.14. The summed E-state index contributed by atoms with van der Waals surface area (Å²) in [4.78, 5) is 28.7. The van der Waals surface area contributed by atoms with Crippen molar-refractivity contribution in [2.24, 2.45) is 4.99 Å². The Labute approximate surface area is 123 Å². The van der Waals surface area contributed by atoms with Crippen LogP contribution < -0.4 is 4.90 Å². The van der Waals surface area contributed by atoms with Gasteiger partial charge in [-0.1, -0.05) is 11.6 Å². The van der Waals surface area contributed by atoms with E-state index in [0.717, 1.165) is 15.9 Å². The molecule has 0 bridgehead atoms. The first kappa shape index (κ1) is 13.7. The third-order valence-corrected chi connectivity index (χ3v) is 3.56. The highest BCUT2D eigenvalue weighted by Gasteiger charge is 2.39. The molecule has 21 heavy (non-hydrogen) atoms. The lowest BCUT2D eigenvalue weighted by Gasteiger charge is -2.30. The van der Waals surface area contributed by atoms with Crippen molar-refractivity contribution in [3.05, 3.63) is 40.6 Å². The summed E-state index contributed by atoms with van der Waals surface area (Å²) in [5.74, 6) is -3.34. The summed E-state index contributed by atoms with van der Waals surface area (Å²) in [5, 5.41) is 0.198. The lowest BCUT2D eigenvalue weighted by Crippen LogP contribution is -2.48. The fraction of sp³-hybridized carbons (Fsp3) is 0.154. The Balaban J connectivity index is 2.17. The molecule has 0 saturated heterocycles. The van der Waals surface area contributed by atoms with E-state index in [1.807, 2.05) is 0 Å². The van der Waals surface area contributed by atoms with Crippen LogP contribution in [0.4, 0.5) is 14.5 Å². The first-order chi connectivity index (χ1) is 9.88. The van der Waals surface area contributed by atoms with Gasteiger partial charge in [0.2, 0.25) is 11.9 Å². The monoisotopic (exact) mass is 311 g/mol. The standard InChI is InChI=1S/C13H8ClF2N3O2/c1-6-2-9(8(15)3-7(6)14)19-12(21)4-10(16)18-5-11(20)17-13(18)19/h2-4H,5H2,1H3. The summed E-state index contributed by atoms with van der Waals surface area (Å²) in [6.07, 6.45) is 0.682. The van der Waals surface area contributed by atoms with Gasteiger partial charge in [-0.2, -0.15) is 9.38 Å². The maximum Gasteiger partial charge on any atom is 0.269 e. The van der Waals surface area contributed by atoms with Crippen molar-refractivity contribution in [3.8, 4) is 0 Å². The van der Waals surface area contributed by atoms with Gasteiger partial charge in [0.05, 0.1) is 11.8 Å². The molecule has 1 aromatic rings. The molecule has 0 aromatic heterocycles. The predicted molar refractivity (Wildman–Crippen MR) is 72.0 cm³/mol. The number of hydrogen-bond donors (Lipinski definition) is 0. The molecule has 2 aliphatic heterocycles. The highest BCUT2D eigenvalue weighted by molar-refractivity contribution is 6.31. The quantitative estimate of drug-likeness (QED) is 0.747. The molecule has 5 nitrogen and oxygen atoms in total. The van der Waals surface area contributed by atoms with E-state index >= 15 is 0 Å². The first-order valence-corrected chi connectivity index (χ1v) is 6.32. The van der Waals surface area contributed by atoms with Gasteiger partial charge in [0.1, 0.15) is 12.4 Å². The highest BCUT2D eigenvalue weighted by atomic mass is 35.5. The number of fused-ring (bicyclic) bond motifs is 1. The molecule has 0 unspecified atom stereocenters. The zero-order valence-electron chi connectivity index (χ0n) is 10.7. The van der Waals surface area contributed by atoms with Gasteiger partial charge in [0, 0.05) is 5.02 Å². The number of carbonyl (C=O) groups is 2. The molecule has 2 heterocycles. The van der Waals surface area contributed by atoms with Gasteiger partial charge in [0.15, 0.2) is 0 Å². The number of carbonyl (C=O) groups excluding carboxylic acids is 2. The molecule has 0 atom stereocenters. The van der Waals surface area contributed by atoms with Crippen molar-refractivity contribution in [3.63, 3.8) is 0 Å². The molecule has 2 amide bonds.